The van der Waals surface area contributed by atoms with Crippen LogP contribution in [-0.2, 0) is 11.8 Å². The van der Waals surface area contributed by atoms with Crippen LogP contribution in [0.25, 0.3) is 0 Å². The molecule has 3 rings (SSSR count). The van der Waals surface area contributed by atoms with E-state index >= 15 is 0 Å². The van der Waals surface area contributed by atoms with Crippen molar-refractivity contribution in [2.24, 2.45) is 7.05 Å². The number of nitrogens with zero attached hydrogens (tertiary/aromatic N) is 3. The summed E-state index contributed by atoms with van der Waals surface area (Å²) in [5.74, 6) is -1.17. The number of benzene rings is 1. The zero-order chi connectivity index (χ0) is 24.7. The van der Waals surface area contributed by atoms with Crippen LogP contribution in [0, 0.1) is 5.82 Å². The number of amides is 2. The lowest BCUT2D eigenvalue weighted by Gasteiger charge is -2.32. The number of ether oxygens (including phenoxy) is 1. The van der Waals surface area contributed by atoms with E-state index < -0.39 is 30.0 Å². The average molecular weight is 478 g/mol. The topological polar surface area (TPSA) is 115 Å². The predicted octanol–water partition coefficient (Wildman–Crippen LogP) is 0.642. The van der Waals surface area contributed by atoms with Gasteiger partial charge in [0.25, 0.3) is 11.8 Å². The second kappa shape index (κ2) is 12.1. The summed E-state index contributed by atoms with van der Waals surface area (Å²) in [4.78, 5) is 29.3. The van der Waals surface area contributed by atoms with Crippen LogP contribution < -0.4 is 0 Å². The van der Waals surface area contributed by atoms with Crippen molar-refractivity contribution in [3.63, 3.8) is 0 Å². The third-order valence-electron chi connectivity index (χ3n) is 5.92. The number of aromatic nitrogens is 1. The molecule has 2 heterocycles. The van der Waals surface area contributed by atoms with Crippen LogP contribution in [0.5, 0.6) is 0 Å². The largest absolute Gasteiger partial charge is 0.388 e. The zero-order valence-corrected chi connectivity index (χ0v) is 19.2. The van der Waals surface area contributed by atoms with E-state index in [9.17, 15) is 29.3 Å². The molecule has 2 aromatic rings. The third-order valence-corrected chi connectivity index (χ3v) is 5.92. The number of rotatable bonds is 2. The number of aliphatic hydroxyl groups excluding tert-OH is 3. The van der Waals surface area contributed by atoms with Gasteiger partial charge in [-0.2, -0.15) is 0 Å². The van der Waals surface area contributed by atoms with Crippen molar-refractivity contribution in [1.29, 1.82) is 0 Å². The molecule has 9 nitrogen and oxygen atoms in total. The fourth-order valence-electron chi connectivity index (χ4n) is 3.85. The number of hydrogen-bond donors (Lipinski definition) is 3. The monoisotopic (exact) mass is 477 g/mol. The Bertz CT molecular complexity index is 950. The normalized spacial score (nSPS) is 23.4. The van der Waals surface area contributed by atoms with Crippen molar-refractivity contribution >= 4 is 11.8 Å². The van der Waals surface area contributed by atoms with E-state index in [0.717, 1.165) is 12.1 Å². The van der Waals surface area contributed by atoms with E-state index in [1.165, 1.54) is 17.0 Å². The van der Waals surface area contributed by atoms with Gasteiger partial charge in [-0.15, -0.1) is 0 Å². The van der Waals surface area contributed by atoms with Gasteiger partial charge in [-0.1, -0.05) is 0 Å². The lowest BCUT2D eigenvalue weighted by Crippen LogP contribution is -2.50. The standard InChI is InChI=1S/C24H32FN3O6/c1-26-10-4-5-19(26)24(33)27-11-2-3-14-34-16-21(30)22(31)20(29)15-28(13-12-27)23(32)17-6-8-18(25)9-7-17/h4-10,20-22,29-31H,2-3,11-16H2,1H3/t20-,21+,22+/m0/s1. The van der Waals surface area contributed by atoms with Crippen molar-refractivity contribution in [2.45, 2.75) is 31.2 Å². The molecule has 0 saturated carbocycles. The van der Waals surface area contributed by atoms with E-state index in [0.29, 0.717) is 31.7 Å². The smallest absolute Gasteiger partial charge is 0.270 e. The minimum absolute atomic E-state index is 0.0722. The summed E-state index contributed by atoms with van der Waals surface area (Å²) in [5, 5.41) is 31.0. The molecule has 10 heteroatoms. The summed E-state index contributed by atoms with van der Waals surface area (Å²) < 4.78 is 20.5. The van der Waals surface area contributed by atoms with Crippen LogP contribution in [0.4, 0.5) is 4.39 Å². The van der Waals surface area contributed by atoms with Crippen molar-refractivity contribution in [3.05, 3.63) is 59.7 Å². The van der Waals surface area contributed by atoms with Crippen molar-refractivity contribution in [2.75, 3.05) is 39.4 Å². The quantitative estimate of drug-likeness (QED) is 0.585. The summed E-state index contributed by atoms with van der Waals surface area (Å²) >= 11 is 0. The van der Waals surface area contributed by atoms with Crippen molar-refractivity contribution in [3.8, 4) is 0 Å². The summed E-state index contributed by atoms with van der Waals surface area (Å²) in [6.07, 6.45) is -1.27. The van der Waals surface area contributed by atoms with Gasteiger partial charge in [-0.25, -0.2) is 4.39 Å². The van der Waals surface area contributed by atoms with Gasteiger partial charge in [0.2, 0.25) is 0 Å². The van der Waals surface area contributed by atoms with Gasteiger partial charge >= 0.3 is 0 Å². The van der Waals surface area contributed by atoms with Crippen LogP contribution >= 0.6 is 0 Å². The number of hydrogen-bond acceptors (Lipinski definition) is 6. The van der Waals surface area contributed by atoms with Gasteiger partial charge in [0.05, 0.1) is 6.61 Å². The first-order chi connectivity index (χ1) is 16.3. The Balaban J connectivity index is 1.84. The highest BCUT2D eigenvalue weighted by Gasteiger charge is 2.30. The molecule has 0 aliphatic carbocycles. The first-order valence-corrected chi connectivity index (χ1v) is 11.4. The van der Waals surface area contributed by atoms with E-state index in [1.54, 1.807) is 34.8 Å². The molecule has 186 valence electrons. The summed E-state index contributed by atoms with van der Waals surface area (Å²) in [6, 6.07) is 8.49. The van der Waals surface area contributed by atoms with Crippen LogP contribution in [0.2, 0.25) is 0 Å². The number of β-amino-alcohol motifs (C(OH)–C–C–N with tert-alkyl or cyclic N) is 1. The molecule has 3 N–H and O–H groups in total. The second-order valence-corrected chi connectivity index (χ2v) is 8.46. The van der Waals surface area contributed by atoms with Gasteiger partial charge in [-0.3, -0.25) is 9.59 Å². The molecule has 0 unspecified atom stereocenters. The molecular formula is C24H32FN3O6. The molecule has 1 aliphatic rings. The Hall–Kier alpha value is -2.79. The molecule has 0 spiro atoms. The molecule has 2 amide bonds. The van der Waals surface area contributed by atoms with Crippen LogP contribution in [-0.4, -0.2) is 99.2 Å². The van der Waals surface area contributed by atoms with Crippen LogP contribution in [0.1, 0.15) is 33.7 Å². The lowest BCUT2D eigenvalue weighted by atomic mass is 10.1. The molecule has 0 bridgehead atoms. The molecule has 0 radical (unpaired) electrons. The van der Waals surface area contributed by atoms with Crippen molar-refractivity contribution < 1.29 is 34.0 Å². The summed E-state index contributed by atoms with van der Waals surface area (Å²) in [7, 11) is 1.78. The fourth-order valence-corrected chi connectivity index (χ4v) is 3.85. The van der Waals surface area contributed by atoms with E-state index in [2.05, 4.69) is 0 Å². The summed E-state index contributed by atoms with van der Waals surface area (Å²) in [5.41, 5.74) is 0.709. The minimum Gasteiger partial charge on any atom is -0.388 e. The highest BCUT2D eigenvalue weighted by molar-refractivity contribution is 5.94. The number of aryl methyl sites for hydroxylation is 1. The molecular weight excluding hydrogens is 445 g/mol. The van der Waals surface area contributed by atoms with E-state index in [4.69, 9.17) is 4.74 Å². The van der Waals surface area contributed by atoms with Crippen molar-refractivity contribution in [1.82, 2.24) is 14.4 Å². The van der Waals surface area contributed by atoms with E-state index in [1.807, 2.05) is 0 Å². The first-order valence-electron chi connectivity index (χ1n) is 11.4. The molecule has 1 aromatic carbocycles. The Morgan fingerprint density at radius 2 is 1.65 bits per heavy atom. The maximum atomic E-state index is 13.3. The van der Waals surface area contributed by atoms with Crippen LogP contribution in [0.15, 0.2) is 42.6 Å². The molecule has 3 atom stereocenters. The van der Waals surface area contributed by atoms with E-state index in [-0.39, 0.29) is 37.7 Å². The number of halogens is 1. The summed E-state index contributed by atoms with van der Waals surface area (Å²) in [6.45, 7) is 0.559. The van der Waals surface area contributed by atoms with Gasteiger partial charge in [-0.05, 0) is 49.2 Å². The molecule has 1 aliphatic heterocycles. The fraction of sp³-hybridized carbons (Fsp3) is 0.500. The van der Waals surface area contributed by atoms with Crippen LogP contribution in [0.3, 0.4) is 0 Å². The zero-order valence-electron chi connectivity index (χ0n) is 19.2. The lowest BCUT2D eigenvalue weighted by molar-refractivity contribution is -0.0932. The van der Waals surface area contributed by atoms with Gasteiger partial charge in [0.1, 0.15) is 29.8 Å². The van der Waals surface area contributed by atoms with Gasteiger partial charge < -0.3 is 34.4 Å². The Morgan fingerprint density at radius 1 is 0.941 bits per heavy atom. The highest BCUT2D eigenvalue weighted by Crippen LogP contribution is 2.13. The maximum absolute atomic E-state index is 13.3. The Labute approximate surface area is 198 Å². The highest BCUT2D eigenvalue weighted by atomic mass is 19.1. The Morgan fingerprint density at radius 3 is 2.32 bits per heavy atom. The molecule has 1 fully saturated rings. The predicted molar refractivity (Wildman–Crippen MR) is 122 cm³/mol. The van der Waals surface area contributed by atoms with Gasteiger partial charge in [0, 0.05) is 51.6 Å². The Kier molecular flexibility index (Phi) is 9.17. The van der Waals surface area contributed by atoms with Gasteiger partial charge in [0.15, 0.2) is 0 Å². The molecule has 34 heavy (non-hydrogen) atoms. The SMILES string of the molecule is Cn1cccc1C(=O)N1CCCCOC[C@@H](O)[C@H](O)[C@@H](O)CN(C(=O)c2ccc(F)cc2)CC1. The maximum Gasteiger partial charge on any atom is 0.270 e. The number of aliphatic hydroxyl groups is 3. The first kappa shape index (κ1) is 25.8. The minimum atomic E-state index is -1.53. The third kappa shape index (κ3) is 6.63. The molecule has 1 aromatic heterocycles. The number of carbonyl (C=O) groups excluding carboxylic acids is 2. The molecule has 1 saturated heterocycles. The number of carbonyl (C=O) groups is 2. The second-order valence-electron chi connectivity index (χ2n) is 8.46. The average Bonchev–Trinajstić information content (AvgIpc) is 3.26.